The van der Waals surface area contributed by atoms with Crippen LogP contribution in [0.3, 0.4) is 0 Å². The van der Waals surface area contributed by atoms with Crippen LogP contribution in [0.15, 0.2) is 177 Å². The Kier molecular flexibility index (Phi) is 18.1. The molecule has 2 fully saturated rings. The number of rotatable bonds is 22. The van der Waals surface area contributed by atoms with Gasteiger partial charge in [0.15, 0.2) is 48.5 Å². The summed E-state index contributed by atoms with van der Waals surface area (Å²) in [4.78, 5) is 54.6. The van der Waals surface area contributed by atoms with Gasteiger partial charge in [-0.2, -0.15) is 5.26 Å². The van der Waals surface area contributed by atoms with Crippen LogP contribution in [0.2, 0.25) is 18.1 Å². The first kappa shape index (κ1) is 60.8. The van der Waals surface area contributed by atoms with Crippen molar-refractivity contribution < 1.29 is 37.6 Å². The Morgan fingerprint density at radius 2 is 1.13 bits per heavy atom. The number of nitrogens with one attached hydrogen (secondary N) is 4. The van der Waals surface area contributed by atoms with E-state index in [0.29, 0.717) is 33.5 Å². The monoisotopic (exact) mass is 1230 g/mol. The first-order valence-electron chi connectivity index (χ1n) is 28.7. The van der Waals surface area contributed by atoms with E-state index < -0.39 is 70.0 Å². The molecular formula is C63H68N13O8PSSi. The smallest absolute Gasteiger partial charge is 0.261 e. The van der Waals surface area contributed by atoms with Crippen molar-refractivity contribution in [3.63, 3.8) is 0 Å². The number of hydrogen-bond donors (Lipinski definition) is 5. The lowest BCUT2D eigenvalue weighted by Crippen LogP contribution is -2.55. The van der Waals surface area contributed by atoms with Gasteiger partial charge in [-0.25, -0.2) is 35.0 Å². The largest absolute Gasteiger partial charge is 0.408 e. The van der Waals surface area contributed by atoms with Crippen LogP contribution in [0, 0.1) is 17.2 Å². The molecule has 21 nitrogen and oxygen atoms in total. The third-order valence-electron chi connectivity index (χ3n) is 16.5. The first-order valence-corrected chi connectivity index (χ1v) is 34.2. The minimum Gasteiger partial charge on any atom is -0.408 e. The molecule has 2 amide bonds. The van der Waals surface area contributed by atoms with Crippen molar-refractivity contribution in [1.29, 1.82) is 5.26 Å². The Labute approximate surface area is 510 Å². The normalized spacial score (nSPS) is 21.4. The van der Waals surface area contributed by atoms with Crippen LogP contribution >= 0.6 is 6.64 Å². The third kappa shape index (κ3) is 12.5. The number of hydrogen-bond acceptors (Lipinski definition) is 17. The molecule has 2 aliphatic rings. The van der Waals surface area contributed by atoms with Gasteiger partial charge in [0.25, 0.3) is 18.5 Å². The Hall–Kier alpha value is -7.82. The third-order valence-corrected chi connectivity index (χ3v) is 23.5. The summed E-state index contributed by atoms with van der Waals surface area (Å²) in [7, 11) is -2.73. The molecule has 448 valence electrons. The van der Waals surface area contributed by atoms with E-state index in [1.807, 2.05) is 71.3 Å². The summed E-state index contributed by atoms with van der Waals surface area (Å²) in [6.45, 7) is 8.19. The van der Waals surface area contributed by atoms with Crippen LogP contribution in [0.4, 0.5) is 11.6 Å². The molecule has 0 spiro atoms. The van der Waals surface area contributed by atoms with Crippen LogP contribution in [0.25, 0.3) is 22.3 Å². The SMILES string of the molecule is C[C@@H]1[C@H](NC(c2ccccc2)(c2ccccc2)c2ccccc2)[C@@H](COP(=S)(N[C@H]2[C@@H](O[Si](C)(C)C(C)(C)C)[C@H](n3cnc4c(NC(=O)c5ccccc5)ncnc43)O[C@@H]2CO)OCCC#N)O[C@H]1n1cnc2c(NC(=O)c3ccccc3)ncnc21. The zero-order valence-electron chi connectivity index (χ0n) is 48.9. The van der Waals surface area contributed by atoms with Crippen molar-refractivity contribution in [3.05, 3.63) is 205 Å². The number of ether oxygens (including phenoxy) is 2. The molecule has 0 aliphatic carbocycles. The fraction of sp³-hybridized carbons (Fsp3) is 0.317. The van der Waals surface area contributed by atoms with Crippen LogP contribution in [-0.4, -0.2) is 114 Å². The molecule has 5 N–H and O–H groups in total. The second-order valence-electron chi connectivity index (χ2n) is 23.0. The maximum atomic E-state index is 13.5. The number of aliphatic hydroxyl groups is 1. The molecule has 0 bridgehead atoms. The van der Waals surface area contributed by atoms with Crippen LogP contribution < -0.4 is 21.0 Å². The second kappa shape index (κ2) is 25.9. The number of carbonyl (C=O) groups excluding carboxylic acids is 2. The summed E-state index contributed by atoms with van der Waals surface area (Å²) in [6.07, 6.45) is 1.55. The molecule has 2 aliphatic heterocycles. The van der Waals surface area contributed by atoms with Crippen molar-refractivity contribution >= 4 is 72.5 Å². The molecule has 6 heterocycles. The fourth-order valence-corrected chi connectivity index (χ4v) is 14.7. The number of carbonyl (C=O) groups is 2. The Morgan fingerprint density at radius 3 is 1.59 bits per heavy atom. The molecule has 9 atom stereocenters. The Bertz CT molecular complexity index is 3840. The summed E-state index contributed by atoms with van der Waals surface area (Å²) < 4.78 is 38.7. The van der Waals surface area contributed by atoms with Gasteiger partial charge in [0, 0.05) is 23.1 Å². The number of anilines is 2. The van der Waals surface area contributed by atoms with Gasteiger partial charge in [0.05, 0.1) is 62.7 Å². The number of aliphatic hydroxyl groups excluding tert-OH is 1. The molecule has 0 saturated carbocycles. The molecule has 87 heavy (non-hydrogen) atoms. The highest BCUT2D eigenvalue weighted by Gasteiger charge is 2.54. The van der Waals surface area contributed by atoms with Gasteiger partial charge < -0.3 is 38.7 Å². The summed E-state index contributed by atoms with van der Waals surface area (Å²) in [5.74, 6) is -0.692. The lowest BCUT2D eigenvalue weighted by molar-refractivity contribution is -0.0464. The molecule has 5 aromatic carbocycles. The summed E-state index contributed by atoms with van der Waals surface area (Å²) in [6, 6.07) is 49.1. The number of benzene rings is 5. The summed E-state index contributed by atoms with van der Waals surface area (Å²) >= 11 is 6.57. The number of fused-ring (bicyclic) bond motifs is 2. The Morgan fingerprint density at radius 1 is 0.667 bits per heavy atom. The lowest BCUT2D eigenvalue weighted by Gasteiger charge is -2.42. The van der Waals surface area contributed by atoms with E-state index in [2.05, 4.69) is 119 Å². The first-order chi connectivity index (χ1) is 42.0. The van der Waals surface area contributed by atoms with E-state index >= 15 is 0 Å². The van der Waals surface area contributed by atoms with Crippen LogP contribution in [-0.2, 0) is 40.3 Å². The van der Waals surface area contributed by atoms with Gasteiger partial charge in [-0.3, -0.25) is 24.0 Å². The highest BCUT2D eigenvalue weighted by atomic mass is 32.5. The van der Waals surface area contributed by atoms with Crippen molar-refractivity contribution in [2.45, 2.75) is 101 Å². The minimum absolute atomic E-state index is 0.00919. The summed E-state index contributed by atoms with van der Waals surface area (Å²) in [5.41, 5.74) is 4.22. The molecule has 1 unspecified atom stereocenters. The van der Waals surface area contributed by atoms with E-state index in [1.54, 1.807) is 65.8 Å². The molecule has 24 heteroatoms. The molecule has 4 aromatic heterocycles. The lowest BCUT2D eigenvalue weighted by atomic mass is 9.75. The number of nitrogens with zero attached hydrogens (tertiary/aromatic N) is 9. The van der Waals surface area contributed by atoms with E-state index in [0.717, 1.165) is 16.7 Å². The van der Waals surface area contributed by atoms with Gasteiger partial charge in [-0.15, -0.1) is 0 Å². The van der Waals surface area contributed by atoms with Crippen molar-refractivity contribution in [2.75, 3.05) is 30.5 Å². The highest BCUT2D eigenvalue weighted by Crippen LogP contribution is 2.51. The number of nitriles is 1. The van der Waals surface area contributed by atoms with Gasteiger partial charge in [-0.05, 0) is 70.9 Å². The van der Waals surface area contributed by atoms with Crippen molar-refractivity contribution in [1.82, 2.24) is 49.4 Å². The van der Waals surface area contributed by atoms with Gasteiger partial charge in [0.1, 0.15) is 31.1 Å². The van der Waals surface area contributed by atoms with Crippen LogP contribution in [0.1, 0.15) is 84.0 Å². The predicted octanol–water partition coefficient (Wildman–Crippen LogP) is 10.1. The van der Waals surface area contributed by atoms with Gasteiger partial charge in [-0.1, -0.05) is 155 Å². The van der Waals surface area contributed by atoms with Gasteiger partial charge in [0.2, 0.25) is 0 Å². The molecular weight excluding hydrogens is 1160 g/mol. The van der Waals surface area contributed by atoms with E-state index in [-0.39, 0.29) is 54.0 Å². The predicted molar refractivity (Wildman–Crippen MR) is 335 cm³/mol. The number of imidazole rings is 2. The molecule has 0 radical (unpaired) electrons. The number of aromatic nitrogens is 8. The highest BCUT2D eigenvalue weighted by molar-refractivity contribution is 8.09. The minimum atomic E-state index is -3.79. The fourth-order valence-electron chi connectivity index (χ4n) is 11.0. The standard InChI is InChI=1S/C63H68N13O8PSSi/c1-41-49(73-63(44-27-16-9-17-28-44,45-29-18-10-19-30-45)46-31-20-11-21-32-46)48(83-60(41)75-39-69-51-54(65-37-67-56(51)75)71-58(78)42-23-12-7-13-24-42)36-81-85(86,80-34-22-33-64)74-50-47(35-77)82-61(53(50)84-87(5,6)62(2,3)4)76-40-70-52-55(66-38-68-57(52)76)72-59(79)43-25-14-8-15-26-43/h7-21,23-32,37-41,47-50,53,60-61,73,77H,22,34-36H2,1-6H3,(H,74,86)(H,65,67,71,78)(H,66,68,72,79)/t41-,47-,48-,49+,50-,53-,60-,61-,85?/m1/s1. The second-order valence-corrected chi connectivity index (χ2v) is 30.9. The van der Waals surface area contributed by atoms with Crippen molar-refractivity contribution in [2.24, 2.45) is 5.92 Å². The zero-order chi connectivity index (χ0) is 60.9. The molecule has 11 rings (SSSR count). The Balaban J connectivity index is 0.972. The maximum absolute atomic E-state index is 13.5. The molecule has 9 aromatic rings. The maximum Gasteiger partial charge on any atom is 0.261 e. The molecule has 2 saturated heterocycles. The van der Waals surface area contributed by atoms with Crippen LogP contribution in [0.5, 0.6) is 0 Å². The van der Waals surface area contributed by atoms with E-state index in [4.69, 9.17) is 49.7 Å². The number of amides is 2. The summed E-state index contributed by atoms with van der Waals surface area (Å²) in [5, 5.41) is 34.5. The quantitative estimate of drug-likeness (QED) is 0.0183. The average molecular weight is 1230 g/mol. The average Bonchev–Trinajstić information content (AvgIpc) is 1.88. The van der Waals surface area contributed by atoms with E-state index in [9.17, 15) is 20.0 Å². The van der Waals surface area contributed by atoms with Gasteiger partial charge >= 0.3 is 0 Å². The van der Waals surface area contributed by atoms with Crippen molar-refractivity contribution in [3.8, 4) is 6.07 Å². The van der Waals surface area contributed by atoms with E-state index in [1.165, 1.54) is 12.7 Å². The topological polar surface area (TPSA) is 260 Å². The zero-order valence-corrected chi connectivity index (χ0v) is 51.6.